The van der Waals surface area contributed by atoms with Gasteiger partial charge in [0.2, 0.25) is 0 Å². The molecule has 3 nitrogen and oxygen atoms in total. The molecule has 14 heavy (non-hydrogen) atoms. The van der Waals surface area contributed by atoms with Gasteiger partial charge in [-0.1, -0.05) is 6.07 Å². The number of rotatable bonds is 2. The van der Waals surface area contributed by atoms with Crippen LogP contribution in [0.15, 0.2) is 29.8 Å². The first-order chi connectivity index (χ1) is 6.90. The molecule has 0 atom stereocenters. The predicted molar refractivity (Wildman–Crippen MR) is 54.7 cm³/mol. The van der Waals surface area contributed by atoms with Crippen LogP contribution in [-0.2, 0) is 6.42 Å². The molecule has 0 saturated carbocycles. The monoisotopic (exact) mass is 201 g/mol. The number of hydrogen-bond donors (Lipinski definition) is 0. The molecule has 68 valence electrons. The Hall–Kier alpha value is -1.73. The van der Waals surface area contributed by atoms with Crippen LogP contribution in [-0.4, -0.2) is 9.97 Å². The largest absolute Gasteiger partial charge is 0.240 e. The van der Waals surface area contributed by atoms with Gasteiger partial charge < -0.3 is 0 Å². The summed E-state index contributed by atoms with van der Waals surface area (Å²) in [5.41, 5.74) is 0.889. The third kappa shape index (κ3) is 1.78. The minimum absolute atomic E-state index is 0.263. The lowest BCUT2D eigenvalue weighted by Gasteiger charge is -1.97. The quantitative estimate of drug-likeness (QED) is 0.748. The molecule has 0 aliphatic heterocycles. The second-order valence-electron chi connectivity index (χ2n) is 2.67. The zero-order chi connectivity index (χ0) is 9.80. The SMILES string of the molecule is N#CCc1nccc(-c2cccs2)n1. The van der Waals surface area contributed by atoms with Crippen LogP contribution in [0.25, 0.3) is 10.6 Å². The Bertz CT molecular complexity index is 456. The van der Waals surface area contributed by atoms with Crippen molar-refractivity contribution < 1.29 is 0 Å². The number of nitrogens with zero attached hydrogens (tertiary/aromatic N) is 3. The minimum atomic E-state index is 0.263. The fourth-order valence-electron chi connectivity index (χ4n) is 1.12. The highest BCUT2D eigenvalue weighted by molar-refractivity contribution is 7.13. The summed E-state index contributed by atoms with van der Waals surface area (Å²) in [6.07, 6.45) is 1.95. The molecule has 0 fully saturated rings. The van der Waals surface area contributed by atoms with Crippen molar-refractivity contribution in [1.29, 1.82) is 5.26 Å². The van der Waals surface area contributed by atoms with Crippen molar-refractivity contribution >= 4 is 11.3 Å². The van der Waals surface area contributed by atoms with Crippen molar-refractivity contribution in [2.45, 2.75) is 6.42 Å². The van der Waals surface area contributed by atoms with Crippen LogP contribution in [0.3, 0.4) is 0 Å². The molecule has 0 amide bonds. The molecular weight excluding hydrogens is 194 g/mol. The standard InChI is InChI=1S/C10H7N3S/c11-5-3-10-12-6-4-8(13-10)9-2-1-7-14-9/h1-2,4,6-7H,3H2. The molecule has 0 saturated heterocycles. The highest BCUT2D eigenvalue weighted by Crippen LogP contribution is 2.21. The van der Waals surface area contributed by atoms with E-state index in [1.165, 1.54) is 0 Å². The van der Waals surface area contributed by atoms with Crippen LogP contribution in [0.5, 0.6) is 0 Å². The second-order valence-corrected chi connectivity index (χ2v) is 3.62. The van der Waals surface area contributed by atoms with Gasteiger partial charge in [-0.2, -0.15) is 5.26 Å². The minimum Gasteiger partial charge on any atom is -0.240 e. The molecule has 0 radical (unpaired) electrons. The Kier molecular flexibility index (Phi) is 2.52. The van der Waals surface area contributed by atoms with Gasteiger partial charge in [-0.05, 0) is 17.5 Å². The fourth-order valence-corrected chi connectivity index (χ4v) is 1.81. The van der Waals surface area contributed by atoms with Crippen LogP contribution in [0.1, 0.15) is 5.82 Å². The molecule has 0 aliphatic rings. The third-order valence-electron chi connectivity index (χ3n) is 1.72. The zero-order valence-electron chi connectivity index (χ0n) is 7.34. The fraction of sp³-hybridized carbons (Fsp3) is 0.100. The van der Waals surface area contributed by atoms with Gasteiger partial charge in [0.15, 0.2) is 0 Å². The summed E-state index contributed by atoms with van der Waals surface area (Å²) in [6.45, 7) is 0. The summed E-state index contributed by atoms with van der Waals surface area (Å²) >= 11 is 1.63. The number of nitriles is 1. The summed E-state index contributed by atoms with van der Waals surface area (Å²) in [5, 5.41) is 10.5. The highest BCUT2D eigenvalue weighted by Gasteiger charge is 2.01. The summed E-state index contributed by atoms with van der Waals surface area (Å²) in [5.74, 6) is 0.582. The van der Waals surface area contributed by atoms with Gasteiger partial charge in [-0.3, -0.25) is 0 Å². The lowest BCUT2D eigenvalue weighted by molar-refractivity contribution is 1.00. The number of hydrogen-bond acceptors (Lipinski definition) is 4. The summed E-state index contributed by atoms with van der Waals surface area (Å²) < 4.78 is 0. The molecule has 2 heterocycles. The van der Waals surface area contributed by atoms with Crippen LogP contribution >= 0.6 is 11.3 Å². The van der Waals surface area contributed by atoms with Gasteiger partial charge in [-0.15, -0.1) is 11.3 Å². The van der Waals surface area contributed by atoms with Crippen molar-refractivity contribution in [1.82, 2.24) is 9.97 Å². The van der Waals surface area contributed by atoms with E-state index >= 15 is 0 Å². The van der Waals surface area contributed by atoms with Crippen LogP contribution < -0.4 is 0 Å². The number of aromatic nitrogens is 2. The van der Waals surface area contributed by atoms with Crippen molar-refractivity contribution in [2.75, 3.05) is 0 Å². The van der Waals surface area contributed by atoms with Crippen LogP contribution in [0.2, 0.25) is 0 Å². The molecule has 4 heteroatoms. The maximum atomic E-state index is 8.51. The molecule has 2 rings (SSSR count). The van der Waals surface area contributed by atoms with Gasteiger partial charge in [0.1, 0.15) is 5.82 Å². The Morgan fingerprint density at radius 2 is 2.36 bits per heavy atom. The van der Waals surface area contributed by atoms with Gasteiger partial charge in [0.25, 0.3) is 0 Å². The molecule has 2 aromatic rings. The van der Waals surface area contributed by atoms with E-state index in [4.69, 9.17) is 5.26 Å². The predicted octanol–water partition coefficient (Wildman–Crippen LogP) is 2.27. The maximum Gasteiger partial charge on any atom is 0.143 e. The summed E-state index contributed by atoms with van der Waals surface area (Å²) in [4.78, 5) is 9.40. The highest BCUT2D eigenvalue weighted by atomic mass is 32.1. The van der Waals surface area contributed by atoms with E-state index in [9.17, 15) is 0 Å². The lowest BCUT2D eigenvalue weighted by atomic mass is 10.3. The molecule has 2 aromatic heterocycles. The van der Waals surface area contributed by atoms with E-state index in [1.54, 1.807) is 17.5 Å². The van der Waals surface area contributed by atoms with Crippen LogP contribution in [0.4, 0.5) is 0 Å². The topological polar surface area (TPSA) is 49.6 Å². The molecule has 0 aliphatic carbocycles. The Morgan fingerprint density at radius 1 is 1.43 bits per heavy atom. The van der Waals surface area contributed by atoms with Crippen molar-refractivity contribution in [3.05, 3.63) is 35.6 Å². The van der Waals surface area contributed by atoms with E-state index in [-0.39, 0.29) is 6.42 Å². The third-order valence-corrected chi connectivity index (χ3v) is 2.61. The van der Waals surface area contributed by atoms with E-state index < -0.39 is 0 Å². The normalized spacial score (nSPS) is 9.64. The lowest BCUT2D eigenvalue weighted by Crippen LogP contribution is -1.93. The Labute approximate surface area is 85.7 Å². The maximum absolute atomic E-state index is 8.51. The molecule has 0 N–H and O–H groups in total. The molecule has 0 unspecified atom stereocenters. The smallest absolute Gasteiger partial charge is 0.143 e. The van der Waals surface area contributed by atoms with Crippen LogP contribution in [0, 0.1) is 11.3 Å². The van der Waals surface area contributed by atoms with Crippen molar-refractivity contribution in [2.24, 2.45) is 0 Å². The average Bonchev–Trinajstić information content (AvgIpc) is 2.71. The van der Waals surface area contributed by atoms with Crippen molar-refractivity contribution in [3.8, 4) is 16.6 Å². The van der Waals surface area contributed by atoms with Gasteiger partial charge >= 0.3 is 0 Å². The summed E-state index contributed by atoms with van der Waals surface area (Å²) in [6, 6.07) is 7.87. The first-order valence-corrected chi connectivity index (χ1v) is 5.01. The van der Waals surface area contributed by atoms with E-state index in [1.807, 2.05) is 29.6 Å². The molecule has 0 aromatic carbocycles. The van der Waals surface area contributed by atoms with Gasteiger partial charge in [0.05, 0.1) is 23.1 Å². The molecular formula is C10H7N3S. The Balaban J connectivity index is 2.37. The summed E-state index contributed by atoms with van der Waals surface area (Å²) in [7, 11) is 0. The van der Waals surface area contributed by atoms with E-state index in [0.717, 1.165) is 10.6 Å². The average molecular weight is 201 g/mol. The first-order valence-electron chi connectivity index (χ1n) is 4.13. The van der Waals surface area contributed by atoms with Gasteiger partial charge in [-0.25, -0.2) is 9.97 Å². The molecule has 0 bridgehead atoms. The van der Waals surface area contributed by atoms with E-state index in [0.29, 0.717) is 5.82 Å². The molecule has 0 spiro atoms. The van der Waals surface area contributed by atoms with E-state index in [2.05, 4.69) is 9.97 Å². The van der Waals surface area contributed by atoms with Crippen molar-refractivity contribution in [3.63, 3.8) is 0 Å². The first kappa shape index (κ1) is 8.85. The number of thiophene rings is 1. The van der Waals surface area contributed by atoms with Gasteiger partial charge in [0, 0.05) is 6.20 Å². The Morgan fingerprint density at radius 3 is 3.07 bits per heavy atom. The second kappa shape index (κ2) is 3.99. The zero-order valence-corrected chi connectivity index (χ0v) is 8.16.